The van der Waals surface area contributed by atoms with E-state index in [9.17, 15) is 14.0 Å². The highest BCUT2D eigenvalue weighted by atomic mass is 19.1. The fourth-order valence-corrected chi connectivity index (χ4v) is 1.72. The first-order valence-corrected chi connectivity index (χ1v) is 6.61. The molecule has 0 radical (unpaired) electrons. The zero-order valence-electron chi connectivity index (χ0n) is 12.6. The lowest BCUT2D eigenvalue weighted by Crippen LogP contribution is -2.26. The van der Waals surface area contributed by atoms with Gasteiger partial charge in [0, 0.05) is 19.4 Å². The third-order valence-corrected chi connectivity index (χ3v) is 2.69. The van der Waals surface area contributed by atoms with Gasteiger partial charge in [0.1, 0.15) is 5.82 Å². The van der Waals surface area contributed by atoms with E-state index in [0.717, 1.165) is 5.56 Å². The Balaban J connectivity index is 3.13. The van der Waals surface area contributed by atoms with Crippen LogP contribution < -0.4 is 0 Å². The topological polar surface area (TPSA) is 52.6 Å². The second kappa shape index (κ2) is 7.57. The van der Waals surface area contributed by atoms with Gasteiger partial charge in [-0.05, 0) is 29.7 Å². The number of rotatable bonds is 5. The minimum Gasteiger partial charge on any atom is -0.421 e. The molecule has 0 aliphatic heterocycles. The van der Waals surface area contributed by atoms with E-state index in [1.807, 2.05) is 13.8 Å². The minimum absolute atomic E-state index is 0.0289. The second-order valence-corrected chi connectivity index (χ2v) is 4.90. The summed E-state index contributed by atoms with van der Waals surface area (Å²) >= 11 is 0. The van der Waals surface area contributed by atoms with E-state index in [4.69, 9.17) is 9.47 Å². The highest BCUT2D eigenvalue weighted by molar-refractivity contribution is 5.69. The number of ether oxygens (including phenoxy) is 2. The van der Waals surface area contributed by atoms with Crippen molar-refractivity contribution in [3.8, 4) is 0 Å². The average molecular weight is 294 g/mol. The van der Waals surface area contributed by atoms with Crippen LogP contribution >= 0.6 is 0 Å². The van der Waals surface area contributed by atoms with Gasteiger partial charge in [-0.3, -0.25) is 9.59 Å². The van der Waals surface area contributed by atoms with Crippen LogP contribution in [0.1, 0.15) is 33.3 Å². The zero-order chi connectivity index (χ0) is 16.0. The summed E-state index contributed by atoms with van der Waals surface area (Å²) in [6.45, 7) is 6.25. The molecule has 0 saturated heterocycles. The second-order valence-electron chi connectivity index (χ2n) is 4.90. The molecule has 5 heteroatoms. The van der Waals surface area contributed by atoms with E-state index in [0.29, 0.717) is 5.57 Å². The van der Waals surface area contributed by atoms with E-state index in [1.165, 1.54) is 26.0 Å². The Labute approximate surface area is 123 Å². The normalized spacial score (nSPS) is 11.7. The minimum atomic E-state index is -1.08. The van der Waals surface area contributed by atoms with Gasteiger partial charge >= 0.3 is 11.9 Å². The molecule has 0 amide bonds. The molecule has 0 spiro atoms. The summed E-state index contributed by atoms with van der Waals surface area (Å²) in [5, 5.41) is 0. The molecule has 1 aromatic carbocycles. The smallest absolute Gasteiger partial charge is 0.305 e. The highest BCUT2D eigenvalue weighted by Crippen LogP contribution is 2.22. The number of hydrogen-bond donors (Lipinski definition) is 0. The Bertz CT molecular complexity index is 516. The van der Waals surface area contributed by atoms with Gasteiger partial charge in [0.15, 0.2) is 0 Å². The number of carbonyl (C=O) groups is 2. The lowest BCUT2D eigenvalue weighted by atomic mass is 9.99. The standard InChI is InChI=1S/C16H19FO4/c1-10(2)15(9-13-5-7-14(17)8-6-13)16(20-11(3)18)21-12(4)19/h5-10,16H,1-4H3. The van der Waals surface area contributed by atoms with E-state index >= 15 is 0 Å². The molecule has 0 saturated carbocycles. The molecule has 4 nitrogen and oxygen atoms in total. The monoisotopic (exact) mass is 294 g/mol. The Morgan fingerprint density at radius 3 is 1.90 bits per heavy atom. The number of benzene rings is 1. The Kier molecular flexibility index (Phi) is 6.09. The number of hydrogen-bond acceptors (Lipinski definition) is 4. The van der Waals surface area contributed by atoms with Gasteiger partial charge in [0.2, 0.25) is 0 Å². The largest absolute Gasteiger partial charge is 0.421 e. The molecule has 1 rings (SSSR count). The van der Waals surface area contributed by atoms with Crippen molar-refractivity contribution in [2.75, 3.05) is 0 Å². The van der Waals surface area contributed by atoms with Gasteiger partial charge in [-0.2, -0.15) is 0 Å². The molecule has 114 valence electrons. The van der Waals surface area contributed by atoms with Crippen molar-refractivity contribution in [1.82, 2.24) is 0 Å². The van der Waals surface area contributed by atoms with Crippen LogP contribution in [0.15, 0.2) is 29.8 Å². The molecule has 0 atom stereocenters. The maximum Gasteiger partial charge on any atom is 0.305 e. The molecule has 0 bridgehead atoms. The van der Waals surface area contributed by atoms with E-state index < -0.39 is 18.2 Å². The molecule has 0 aliphatic carbocycles. The Hall–Kier alpha value is -2.17. The SMILES string of the molecule is CC(=O)OC(OC(C)=O)C(=Cc1ccc(F)cc1)C(C)C. The van der Waals surface area contributed by atoms with Crippen molar-refractivity contribution in [3.05, 3.63) is 41.2 Å². The molecule has 1 aromatic rings. The van der Waals surface area contributed by atoms with Crippen molar-refractivity contribution in [3.63, 3.8) is 0 Å². The highest BCUT2D eigenvalue weighted by Gasteiger charge is 2.23. The van der Waals surface area contributed by atoms with Crippen LogP contribution in [0.3, 0.4) is 0 Å². The summed E-state index contributed by atoms with van der Waals surface area (Å²) < 4.78 is 23.0. The zero-order valence-corrected chi connectivity index (χ0v) is 12.6. The molecule has 0 aliphatic rings. The first-order valence-electron chi connectivity index (χ1n) is 6.61. The van der Waals surface area contributed by atoms with Crippen LogP contribution in [-0.4, -0.2) is 18.2 Å². The van der Waals surface area contributed by atoms with E-state index in [-0.39, 0.29) is 11.7 Å². The van der Waals surface area contributed by atoms with E-state index in [1.54, 1.807) is 18.2 Å². The van der Waals surface area contributed by atoms with Gasteiger partial charge in [0.05, 0.1) is 0 Å². The van der Waals surface area contributed by atoms with Gasteiger partial charge in [0.25, 0.3) is 6.29 Å². The van der Waals surface area contributed by atoms with Crippen LogP contribution in [0.25, 0.3) is 6.08 Å². The summed E-state index contributed by atoms with van der Waals surface area (Å²) in [4.78, 5) is 22.3. The Morgan fingerprint density at radius 1 is 1.05 bits per heavy atom. The van der Waals surface area contributed by atoms with E-state index in [2.05, 4.69) is 0 Å². The number of carbonyl (C=O) groups excluding carboxylic acids is 2. The average Bonchev–Trinajstić information content (AvgIpc) is 2.35. The molecule has 0 unspecified atom stereocenters. The first-order chi connectivity index (χ1) is 9.79. The van der Waals surface area contributed by atoms with Crippen molar-refractivity contribution in [2.24, 2.45) is 5.92 Å². The van der Waals surface area contributed by atoms with Crippen molar-refractivity contribution >= 4 is 18.0 Å². The lowest BCUT2D eigenvalue weighted by Gasteiger charge is -2.22. The van der Waals surface area contributed by atoms with Crippen molar-refractivity contribution < 1.29 is 23.5 Å². The molecular formula is C16H19FO4. The third-order valence-electron chi connectivity index (χ3n) is 2.69. The third kappa shape index (κ3) is 5.77. The van der Waals surface area contributed by atoms with Gasteiger partial charge in [-0.1, -0.05) is 26.0 Å². The maximum absolute atomic E-state index is 12.9. The van der Waals surface area contributed by atoms with Crippen LogP contribution in [-0.2, 0) is 19.1 Å². The fourth-order valence-electron chi connectivity index (χ4n) is 1.72. The molecule has 21 heavy (non-hydrogen) atoms. The lowest BCUT2D eigenvalue weighted by molar-refractivity contribution is -0.178. The number of halogens is 1. The van der Waals surface area contributed by atoms with Crippen LogP contribution in [0, 0.1) is 11.7 Å². The fraction of sp³-hybridized carbons (Fsp3) is 0.375. The Morgan fingerprint density at radius 2 is 1.52 bits per heavy atom. The summed E-state index contributed by atoms with van der Waals surface area (Å²) in [5.41, 5.74) is 1.34. The number of esters is 2. The van der Waals surface area contributed by atoms with Crippen LogP contribution in [0.5, 0.6) is 0 Å². The summed E-state index contributed by atoms with van der Waals surface area (Å²) in [5.74, 6) is -1.47. The van der Waals surface area contributed by atoms with Crippen LogP contribution in [0.4, 0.5) is 4.39 Å². The summed E-state index contributed by atoms with van der Waals surface area (Å²) in [7, 11) is 0. The van der Waals surface area contributed by atoms with Gasteiger partial charge in [-0.15, -0.1) is 0 Å². The van der Waals surface area contributed by atoms with Gasteiger partial charge < -0.3 is 9.47 Å². The van der Waals surface area contributed by atoms with Gasteiger partial charge in [-0.25, -0.2) is 4.39 Å². The first kappa shape index (κ1) is 16.9. The predicted octanol–water partition coefficient (Wildman–Crippen LogP) is 3.32. The molecule has 0 heterocycles. The quantitative estimate of drug-likeness (QED) is 0.617. The summed E-state index contributed by atoms with van der Waals surface area (Å²) in [6, 6.07) is 5.85. The molecule has 0 fully saturated rings. The summed E-state index contributed by atoms with van der Waals surface area (Å²) in [6.07, 6.45) is 0.644. The maximum atomic E-state index is 12.9. The molecule has 0 aromatic heterocycles. The van der Waals surface area contributed by atoms with Crippen molar-refractivity contribution in [2.45, 2.75) is 34.0 Å². The van der Waals surface area contributed by atoms with Crippen LogP contribution in [0.2, 0.25) is 0 Å². The molecule has 0 N–H and O–H groups in total. The van der Waals surface area contributed by atoms with Crippen molar-refractivity contribution in [1.29, 1.82) is 0 Å². The molecular weight excluding hydrogens is 275 g/mol. The predicted molar refractivity (Wildman–Crippen MR) is 76.5 cm³/mol.